The molecule has 136 valence electrons. The van der Waals surface area contributed by atoms with Gasteiger partial charge in [-0.3, -0.25) is 4.68 Å². The molecule has 0 atom stereocenters. The average molecular weight is 379 g/mol. The van der Waals surface area contributed by atoms with Crippen LogP contribution in [0, 0.1) is 0 Å². The summed E-state index contributed by atoms with van der Waals surface area (Å²) >= 11 is 6.44. The van der Waals surface area contributed by atoms with E-state index in [-0.39, 0.29) is 0 Å². The summed E-state index contributed by atoms with van der Waals surface area (Å²) in [6.07, 6.45) is 0. The first-order valence-electron chi connectivity index (χ1n) is 8.55. The van der Waals surface area contributed by atoms with Crippen LogP contribution >= 0.6 is 11.6 Å². The molecule has 0 bridgehead atoms. The van der Waals surface area contributed by atoms with Gasteiger partial charge in [0, 0.05) is 31.2 Å². The summed E-state index contributed by atoms with van der Waals surface area (Å²) in [5.41, 5.74) is 9.45. The largest absolute Gasteiger partial charge is 0.383 e. The number of hydrogen-bond acceptors (Lipinski definition) is 5. The smallest absolute Gasteiger partial charge is 0.228 e. The number of aromatic nitrogens is 4. The second kappa shape index (κ2) is 6.89. The van der Waals surface area contributed by atoms with Crippen LogP contribution in [0.1, 0.15) is 5.56 Å². The Hall–Kier alpha value is -3.12. The molecule has 0 saturated carbocycles. The van der Waals surface area contributed by atoms with E-state index in [0.717, 1.165) is 5.56 Å². The van der Waals surface area contributed by atoms with Crippen molar-refractivity contribution in [3.8, 4) is 11.3 Å². The van der Waals surface area contributed by atoms with Crippen LogP contribution in [-0.4, -0.2) is 26.8 Å². The van der Waals surface area contributed by atoms with Gasteiger partial charge in [0.2, 0.25) is 5.95 Å². The third-order valence-electron chi connectivity index (χ3n) is 4.46. The van der Waals surface area contributed by atoms with Crippen molar-refractivity contribution in [1.29, 1.82) is 0 Å². The average Bonchev–Trinajstić information content (AvgIpc) is 2.96. The van der Waals surface area contributed by atoms with Gasteiger partial charge in [0.05, 0.1) is 11.1 Å². The highest BCUT2D eigenvalue weighted by atomic mass is 35.5. The zero-order valence-corrected chi connectivity index (χ0v) is 15.9. The van der Waals surface area contributed by atoms with Gasteiger partial charge in [0.15, 0.2) is 5.65 Å². The van der Waals surface area contributed by atoms with Gasteiger partial charge in [-0.2, -0.15) is 10.1 Å². The summed E-state index contributed by atoms with van der Waals surface area (Å²) in [5.74, 6) is 1.08. The molecule has 0 spiro atoms. The summed E-state index contributed by atoms with van der Waals surface area (Å²) < 4.78 is 1.61. The van der Waals surface area contributed by atoms with Crippen LogP contribution in [0.5, 0.6) is 0 Å². The van der Waals surface area contributed by atoms with Gasteiger partial charge in [0.25, 0.3) is 0 Å². The summed E-state index contributed by atoms with van der Waals surface area (Å²) in [4.78, 5) is 11.4. The van der Waals surface area contributed by atoms with Gasteiger partial charge in [-0.15, -0.1) is 0 Å². The fourth-order valence-electron chi connectivity index (χ4n) is 3.05. The number of fused-ring (bicyclic) bond motifs is 1. The highest BCUT2D eigenvalue weighted by Crippen LogP contribution is 2.35. The van der Waals surface area contributed by atoms with Crippen molar-refractivity contribution in [2.75, 3.05) is 17.7 Å². The minimum Gasteiger partial charge on any atom is -0.383 e. The van der Waals surface area contributed by atoms with E-state index in [0.29, 0.717) is 40.1 Å². The van der Waals surface area contributed by atoms with E-state index >= 15 is 0 Å². The Bertz CT molecular complexity index is 1110. The summed E-state index contributed by atoms with van der Waals surface area (Å²) in [5, 5.41) is 5.77. The monoisotopic (exact) mass is 378 g/mol. The van der Waals surface area contributed by atoms with Crippen LogP contribution in [-0.2, 0) is 13.6 Å². The molecule has 0 amide bonds. The van der Waals surface area contributed by atoms with Gasteiger partial charge in [-0.25, -0.2) is 4.98 Å². The normalized spacial score (nSPS) is 11.1. The Morgan fingerprint density at radius 2 is 1.74 bits per heavy atom. The Balaban J connectivity index is 1.87. The quantitative estimate of drug-likeness (QED) is 0.583. The Labute approximate surface area is 162 Å². The number of nitrogens with two attached hydrogens (primary N) is 1. The molecule has 4 aromatic rings. The van der Waals surface area contributed by atoms with Crippen LogP contribution in [0.2, 0.25) is 5.02 Å². The molecule has 27 heavy (non-hydrogen) atoms. The van der Waals surface area contributed by atoms with Crippen molar-refractivity contribution in [3.05, 3.63) is 65.2 Å². The lowest BCUT2D eigenvalue weighted by molar-refractivity contribution is 0.785. The minimum absolute atomic E-state index is 0.511. The van der Waals surface area contributed by atoms with Crippen molar-refractivity contribution in [1.82, 2.24) is 19.7 Å². The fraction of sp³-hybridized carbons (Fsp3) is 0.150. The van der Waals surface area contributed by atoms with E-state index in [1.54, 1.807) is 11.7 Å². The molecule has 0 unspecified atom stereocenters. The van der Waals surface area contributed by atoms with Crippen molar-refractivity contribution in [3.63, 3.8) is 0 Å². The summed E-state index contributed by atoms with van der Waals surface area (Å²) in [6.45, 7) is 0.677. The maximum atomic E-state index is 6.44. The molecule has 0 fully saturated rings. The maximum Gasteiger partial charge on any atom is 0.228 e. The second-order valence-electron chi connectivity index (χ2n) is 6.40. The molecular formula is C20H19ClN6. The highest BCUT2D eigenvalue weighted by molar-refractivity contribution is 6.33. The molecule has 0 saturated heterocycles. The highest BCUT2D eigenvalue weighted by Gasteiger charge is 2.20. The number of benzene rings is 2. The van der Waals surface area contributed by atoms with Gasteiger partial charge >= 0.3 is 0 Å². The van der Waals surface area contributed by atoms with Crippen molar-refractivity contribution in [2.45, 2.75) is 6.54 Å². The Kier molecular flexibility index (Phi) is 4.41. The van der Waals surface area contributed by atoms with E-state index in [9.17, 15) is 0 Å². The number of rotatable bonds is 4. The van der Waals surface area contributed by atoms with Gasteiger partial charge in [-0.05, 0) is 11.6 Å². The van der Waals surface area contributed by atoms with E-state index in [2.05, 4.69) is 22.2 Å². The van der Waals surface area contributed by atoms with Crippen molar-refractivity contribution >= 4 is 34.4 Å². The molecule has 7 heteroatoms. The number of hydrogen-bond donors (Lipinski definition) is 1. The molecule has 0 aliphatic heterocycles. The van der Waals surface area contributed by atoms with Crippen molar-refractivity contribution < 1.29 is 0 Å². The van der Waals surface area contributed by atoms with Gasteiger partial charge in [-0.1, -0.05) is 60.1 Å². The van der Waals surface area contributed by atoms with E-state index in [1.165, 1.54) is 5.56 Å². The van der Waals surface area contributed by atoms with Crippen LogP contribution in [0.15, 0.2) is 54.6 Å². The molecule has 0 aliphatic carbocycles. The van der Waals surface area contributed by atoms with Gasteiger partial charge in [0.1, 0.15) is 5.82 Å². The lowest BCUT2D eigenvalue weighted by atomic mass is 10.1. The van der Waals surface area contributed by atoms with Crippen LogP contribution in [0.4, 0.5) is 11.8 Å². The van der Waals surface area contributed by atoms with Crippen LogP contribution in [0.3, 0.4) is 0 Å². The Morgan fingerprint density at radius 1 is 1.04 bits per heavy atom. The molecule has 2 heterocycles. The number of nitrogen functional groups attached to an aromatic ring is 1. The molecular weight excluding hydrogens is 360 g/mol. The zero-order valence-electron chi connectivity index (χ0n) is 15.1. The lowest BCUT2D eigenvalue weighted by Crippen LogP contribution is -2.19. The molecule has 2 aromatic heterocycles. The molecule has 2 aromatic carbocycles. The third-order valence-corrected chi connectivity index (χ3v) is 4.79. The fourth-order valence-corrected chi connectivity index (χ4v) is 3.28. The summed E-state index contributed by atoms with van der Waals surface area (Å²) in [6, 6.07) is 17.8. The number of nitrogens with zero attached hydrogens (tertiary/aromatic N) is 5. The first kappa shape index (κ1) is 17.3. The summed E-state index contributed by atoms with van der Waals surface area (Å²) in [7, 11) is 3.75. The van der Waals surface area contributed by atoms with Crippen LogP contribution in [0.25, 0.3) is 22.3 Å². The molecule has 0 radical (unpaired) electrons. The van der Waals surface area contributed by atoms with E-state index in [4.69, 9.17) is 22.3 Å². The third kappa shape index (κ3) is 3.19. The Morgan fingerprint density at radius 3 is 2.48 bits per heavy atom. The standard InChI is InChI=1S/C20H19ClN6/c1-26(12-13-8-4-3-5-9-13)20-23-17(14-10-6-7-11-15(14)21)16-18(22)27(2)25-19(16)24-20/h3-11H,12,22H2,1-2H3. The predicted molar refractivity (Wildman–Crippen MR) is 110 cm³/mol. The number of anilines is 2. The molecule has 6 nitrogen and oxygen atoms in total. The molecule has 4 rings (SSSR count). The predicted octanol–water partition coefficient (Wildman–Crippen LogP) is 3.90. The first-order valence-corrected chi connectivity index (χ1v) is 8.92. The van der Waals surface area contributed by atoms with Crippen LogP contribution < -0.4 is 10.6 Å². The maximum absolute atomic E-state index is 6.44. The lowest BCUT2D eigenvalue weighted by Gasteiger charge is -2.18. The number of halogens is 1. The zero-order chi connectivity index (χ0) is 19.0. The topological polar surface area (TPSA) is 72.9 Å². The molecule has 2 N–H and O–H groups in total. The van der Waals surface area contributed by atoms with E-state index < -0.39 is 0 Å². The van der Waals surface area contributed by atoms with E-state index in [1.807, 2.05) is 54.4 Å². The first-order chi connectivity index (χ1) is 13.0. The minimum atomic E-state index is 0.511. The van der Waals surface area contributed by atoms with Crippen molar-refractivity contribution in [2.24, 2.45) is 7.05 Å². The SMILES string of the molecule is CN(Cc1ccccc1)c1nc(-c2ccccc2Cl)c2c(N)n(C)nc2n1. The van der Waals surface area contributed by atoms with Gasteiger partial charge < -0.3 is 10.6 Å². The second-order valence-corrected chi connectivity index (χ2v) is 6.81. The molecule has 0 aliphatic rings. The number of aryl methyl sites for hydroxylation is 1.